The first kappa shape index (κ1) is 9.40. The van der Waals surface area contributed by atoms with Crippen molar-refractivity contribution >= 4 is 17.3 Å². The van der Waals surface area contributed by atoms with E-state index in [1.807, 2.05) is 25.1 Å². The smallest absolute Gasteiger partial charge is 0.0455 e. The topological polar surface area (TPSA) is 12.0 Å². The number of nitrogens with one attached hydrogen (secondary N) is 1. The van der Waals surface area contributed by atoms with Gasteiger partial charge in [0.25, 0.3) is 0 Å². The fraction of sp³-hybridized carbons (Fsp3) is 0.400. The number of anilines is 1. The zero-order valence-corrected chi connectivity index (χ0v) is 8.44. The van der Waals surface area contributed by atoms with Gasteiger partial charge in [0.15, 0.2) is 0 Å². The van der Waals surface area contributed by atoms with Gasteiger partial charge in [0.05, 0.1) is 0 Å². The summed E-state index contributed by atoms with van der Waals surface area (Å²) in [5, 5.41) is 4.15. The summed E-state index contributed by atoms with van der Waals surface area (Å²) in [7, 11) is 0. The Hall–Kier alpha value is -0.690. The molecule has 2 heteroatoms. The molecule has 0 aliphatic heterocycles. The maximum absolute atomic E-state index is 5.96. The Morgan fingerprint density at radius 3 is 2.58 bits per heavy atom. The molecule has 0 saturated heterocycles. The van der Waals surface area contributed by atoms with Gasteiger partial charge in [0.2, 0.25) is 0 Å². The molecule has 0 fully saturated rings. The van der Waals surface area contributed by atoms with Crippen LogP contribution < -0.4 is 5.32 Å². The van der Waals surface area contributed by atoms with E-state index in [0.717, 1.165) is 16.3 Å². The highest BCUT2D eigenvalue weighted by atomic mass is 35.5. The van der Waals surface area contributed by atoms with Crippen LogP contribution in [0, 0.1) is 6.92 Å². The van der Waals surface area contributed by atoms with E-state index in [4.69, 9.17) is 11.6 Å². The lowest BCUT2D eigenvalue weighted by molar-refractivity contribution is 0.897. The van der Waals surface area contributed by atoms with E-state index in [1.54, 1.807) is 0 Å². The zero-order chi connectivity index (χ0) is 9.14. The second-order valence-electron chi connectivity index (χ2n) is 3.21. The summed E-state index contributed by atoms with van der Waals surface area (Å²) >= 11 is 5.96. The summed E-state index contributed by atoms with van der Waals surface area (Å²) in [4.78, 5) is 0. The van der Waals surface area contributed by atoms with E-state index >= 15 is 0 Å². The quantitative estimate of drug-likeness (QED) is 0.741. The van der Waals surface area contributed by atoms with E-state index in [0.29, 0.717) is 6.04 Å². The van der Waals surface area contributed by atoms with Crippen molar-refractivity contribution in [1.29, 1.82) is 0 Å². The molecule has 0 heterocycles. The normalized spacial score (nSPS) is 10.4. The molecule has 0 aromatic heterocycles. The number of halogens is 1. The summed E-state index contributed by atoms with van der Waals surface area (Å²) in [6.45, 7) is 6.24. The molecule has 1 nitrogen and oxygen atoms in total. The van der Waals surface area contributed by atoms with Crippen LogP contribution in [0.5, 0.6) is 0 Å². The molecule has 66 valence electrons. The van der Waals surface area contributed by atoms with Gasteiger partial charge in [-0.05, 0) is 38.5 Å². The highest BCUT2D eigenvalue weighted by molar-refractivity contribution is 6.31. The molecule has 0 atom stereocenters. The van der Waals surface area contributed by atoms with Crippen LogP contribution in [0.1, 0.15) is 19.4 Å². The Balaban J connectivity index is 2.92. The number of hydrogen-bond acceptors (Lipinski definition) is 1. The Morgan fingerprint density at radius 2 is 2.00 bits per heavy atom. The summed E-state index contributed by atoms with van der Waals surface area (Å²) < 4.78 is 0. The molecule has 1 aromatic carbocycles. The molecule has 0 aliphatic carbocycles. The molecule has 1 aromatic rings. The van der Waals surface area contributed by atoms with Crippen molar-refractivity contribution in [2.75, 3.05) is 5.32 Å². The van der Waals surface area contributed by atoms with E-state index in [-0.39, 0.29) is 0 Å². The standard InChI is InChI=1S/C10H14ClN/c1-7(2)12-10-6-4-5-9(11)8(10)3/h4-7,12H,1-3H3. The van der Waals surface area contributed by atoms with Crippen LogP contribution in [-0.2, 0) is 0 Å². The van der Waals surface area contributed by atoms with Crippen molar-refractivity contribution in [3.8, 4) is 0 Å². The number of rotatable bonds is 2. The van der Waals surface area contributed by atoms with Crippen LogP contribution in [0.3, 0.4) is 0 Å². The Kier molecular flexibility index (Phi) is 2.99. The predicted molar refractivity (Wildman–Crippen MR) is 54.9 cm³/mol. The largest absolute Gasteiger partial charge is 0.383 e. The molecule has 0 spiro atoms. The monoisotopic (exact) mass is 183 g/mol. The maximum Gasteiger partial charge on any atom is 0.0455 e. The minimum absolute atomic E-state index is 0.446. The number of benzene rings is 1. The second-order valence-corrected chi connectivity index (χ2v) is 3.62. The van der Waals surface area contributed by atoms with Gasteiger partial charge in [-0.3, -0.25) is 0 Å². The molecule has 1 rings (SSSR count). The van der Waals surface area contributed by atoms with Gasteiger partial charge in [-0.1, -0.05) is 17.7 Å². The van der Waals surface area contributed by atoms with Crippen molar-refractivity contribution in [1.82, 2.24) is 0 Å². The van der Waals surface area contributed by atoms with Gasteiger partial charge in [0, 0.05) is 16.8 Å². The molecule has 12 heavy (non-hydrogen) atoms. The molecular weight excluding hydrogens is 170 g/mol. The van der Waals surface area contributed by atoms with Crippen LogP contribution in [0.4, 0.5) is 5.69 Å². The average molecular weight is 184 g/mol. The van der Waals surface area contributed by atoms with Crippen molar-refractivity contribution in [2.24, 2.45) is 0 Å². The zero-order valence-electron chi connectivity index (χ0n) is 7.69. The van der Waals surface area contributed by atoms with Gasteiger partial charge < -0.3 is 5.32 Å². The third-order valence-electron chi connectivity index (χ3n) is 1.71. The van der Waals surface area contributed by atoms with Crippen molar-refractivity contribution in [3.63, 3.8) is 0 Å². The van der Waals surface area contributed by atoms with Crippen LogP contribution in [0.2, 0.25) is 5.02 Å². The average Bonchev–Trinajstić information content (AvgIpc) is 1.98. The van der Waals surface area contributed by atoms with Crippen LogP contribution >= 0.6 is 11.6 Å². The van der Waals surface area contributed by atoms with Crippen LogP contribution in [0.25, 0.3) is 0 Å². The Bertz CT molecular complexity index is 269. The molecule has 1 N–H and O–H groups in total. The Labute approximate surface area is 78.7 Å². The van der Waals surface area contributed by atoms with E-state index in [1.165, 1.54) is 0 Å². The van der Waals surface area contributed by atoms with Crippen LogP contribution in [-0.4, -0.2) is 6.04 Å². The minimum Gasteiger partial charge on any atom is -0.383 e. The summed E-state index contributed by atoms with van der Waals surface area (Å²) in [5.41, 5.74) is 2.24. The van der Waals surface area contributed by atoms with Gasteiger partial charge in [-0.25, -0.2) is 0 Å². The summed E-state index contributed by atoms with van der Waals surface area (Å²) in [6, 6.07) is 6.35. The number of hydrogen-bond donors (Lipinski definition) is 1. The third kappa shape index (κ3) is 2.15. The first-order valence-electron chi connectivity index (χ1n) is 4.13. The molecule has 0 aliphatic rings. The van der Waals surface area contributed by atoms with E-state index < -0.39 is 0 Å². The van der Waals surface area contributed by atoms with Crippen molar-refractivity contribution < 1.29 is 0 Å². The summed E-state index contributed by atoms with van der Waals surface area (Å²) in [6.07, 6.45) is 0. The van der Waals surface area contributed by atoms with Gasteiger partial charge in [-0.15, -0.1) is 0 Å². The molecule has 0 bridgehead atoms. The lowest BCUT2D eigenvalue weighted by Crippen LogP contribution is -2.10. The van der Waals surface area contributed by atoms with E-state index in [9.17, 15) is 0 Å². The van der Waals surface area contributed by atoms with Gasteiger partial charge in [-0.2, -0.15) is 0 Å². The van der Waals surface area contributed by atoms with Gasteiger partial charge in [0.1, 0.15) is 0 Å². The minimum atomic E-state index is 0.446. The molecular formula is C10H14ClN. The van der Waals surface area contributed by atoms with Crippen molar-refractivity contribution in [3.05, 3.63) is 28.8 Å². The van der Waals surface area contributed by atoms with Gasteiger partial charge >= 0.3 is 0 Å². The fourth-order valence-electron chi connectivity index (χ4n) is 1.07. The molecule has 0 saturated carbocycles. The SMILES string of the molecule is Cc1c(Cl)cccc1NC(C)C. The fourth-order valence-corrected chi connectivity index (χ4v) is 1.25. The summed E-state index contributed by atoms with van der Waals surface area (Å²) in [5.74, 6) is 0. The molecule has 0 radical (unpaired) electrons. The van der Waals surface area contributed by atoms with Crippen molar-refractivity contribution in [2.45, 2.75) is 26.8 Å². The third-order valence-corrected chi connectivity index (χ3v) is 2.12. The van der Waals surface area contributed by atoms with E-state index in [2.05, 4.69) is 19.2 Å². The first-order chi connectivity index (χ1) is 5.61. The Morgan fingerprint density at radius 1 is 1.33 bits per heavy atom. The van der Waals surface area contributed by atoms with Crippen LogP contribution in [0.15, 0.2) is 18.2 Å². The maximum atomic E-state index is 5.96. The molecule has 0 unspecified atom stereocenters. The highest BCUT2D eigenvalue weighted by Crippen LogP contribution is 2.23. The lowest BCUT2D eigenvalue weighted by Gasteiger charge is -2.13. The molecule has 0 amide bonds. The second kappa shape index (κ2) is 3.81. The first-order valence-corrected chi connectivity index (χ1v) is 4.50. The predicted octanol–water partition coefficient (Wildman–Crippen LogP) is 3.47. The lowest BCUT2D eigenvalue weighted by atomic mass is 10.2. The highest BCUT2D eigenvalue weighted by Gasteiger charge is 2.01.